The Morgan fingerprint density at radius 1 is 1.17 bits per heavy atom. The summed E-state index contributed by atoms with van der Waals surface area (Å²) in [6.45, 7) is 1.76. The molecule has 0 bridgehead atoms. The Labute approximate surface area is 144 Å². The van der Waals surface area contributed by atoms with Crippen molar-refractivity contribution in [2.24, 2.45) is 0 Å². The van der Waals surface area contributed by atoms with Crippen molar-refractivity contribution in [3.63, 3.8) is 0 Å². The van der Waals surface area contributed by atoms with Crippen molar-refractivity contribution in [2.75, 3.05) is 32.5 Å². The maximum absolute atomic E-state index is 13.0. The van der Waals surface area contributed by atoms with Crippen molar-refractivity contribution < 1.29 is 4.79 Å². The van der Waals surface area contributed by atoms with Crippen LogP contribution in [0.2, 0.25) is 0 Å². The van der Waals surface area contributed by atoms with E-state index in [4.69, 9.17) is 0 Å². The van der Waals surface area contributed by atoms with Crippen LogP contribution in [-0.4, -0.2) is 38.4 Å². The van der Waals surface area contributed by atoms with Crippen molar-refractivity contribution in [3.8, 4) is 0 Å². The minimum Gasteiger partial charge on any atom is -0.384 e. The van der Waals surface area contributed by atoms with Gasteiger partial charge in [0.2, 0.25) is 0 Å². The van der Waals surface area contributed by atoms with Crippen molar-refractivity contribution in [3.05, 3.63) is 52.2 Å². The summed E-state index contributed by atoms with van der Waals surface area (Å²) >= 11 is 1.50. The van der Waals surface area contributed by atoms with E-state index < -0.39 is 0 Å². The summed E-state index contributed by atoms with van der Waals surface area (Å²) in [6.07, 6.45) is 1.80. The average molecular weight is 340 g/mol. The van der Waals surface area contributed by atoms with Gasteiger partial charge in [-0.3, -0.25) is 9.59 Å². The van der Waals surface area contributed by atoms with Gasteiger partial charge in [-0.1, -0.05) is 12.1 Å². The molecule has 0 saturated carbocycles. The molecule has 0 radical (unpaired) electrons. The Hall–Kier alpha value is -2.24. The van der Waals surface area contributed by atoms with Gasteiger partial charge in [0.15, 0.2) is 11.7 Å². The molecule has 2 aromatic carbocycles. The van der Waals surface area contributed by atoms with Crippen LogP contribution in [0.4, 0.5) is 5.69 Å². The highest BCUT2D eigenvalue weighted by Gasteiger charge is 2.13. The molecule has 5 heteroatoms. The van der Waals surface area contributed by atoms with Gasteiger partial charge in [0.25, 0.3) is 0 Å². The number of benzene rings is 2. The van der Waals surface area contributed by atoms with E-state index in [1.807, 2.05) is 44.4 Å². The fraction of sp³-hybridized carbons (Fsp3) is 0.263. The second-order valence-corrected chi connectivity index (χ2v) is 7.09. The number of anilines is 1. The van der Waals surface area contributed by atoms with Gasteiger partial charge in [-0.15, -0.1) is 11.3 Å². The van der Waals surface area contributed by atoms with E-state index in [0.717, 1.165) is 40.9 Å². The molecule has 4 nitrogen and oxygen atoms in total. The molecule has 0 fully saturated rings. The average Bonchev–Trinajstić information content (AvgIpc) is 2.58. The molecular formula is C19H20N2O2S. The Bertz CT molecular complexity index is 947. The molecule has 3 rings (SSSR count). The SMILES string of the molecule is CN(C)CCCNc1ccc(C=O)c2sc3ccccc3c(=O)c12. The van der Waals surface area contributed by atoms with E-state index >= 15 is 0 Å². The van der Waals surface area contributed by atoms with E-state index in [1.54, 1.807) is 6.07 Å². The lowest BCUT2D eigenvalue weighted by Crippen LogP contribution is -2.17. The van der Waals surface area contributed by atoms with Crippen LogP contribution in [0.25, 0.3) is 20.2 Å². The van der Waals surface area contributed by atoms with E-state index in [0.29, 0.717) is 16.3 Å². The van der Waals surface area contributed by atoms with E-state index in [2.05, 4.69) is 10.2 Å². The predicted molar refractivity (Wildman–Crippen MR) is 103 cm³/mol. The van der Waals surface area contributed by atoms with Gasteiger partial charge in [-0.25, -0.2) is 0 Å². The maximum Gasteiger partial charge on any atom is 0.197 e. The molecule has 0 atom stereocenters. The normalized spacial score (nSPS) is 11.3. The Morgan fingerprint density at radius 2 is 1.96 bits per heavy atom. The number of aldehydes is 1. The monoisotopic (exact) mass is 340 g/mol. The zero-order valence-corrected chi connectivity index (χ0v) is 14.7. The predicted octanol–water partition coefficient (Wildman–Crippen LogP) is 3.59. The molecule has 1 N–H and O–H groups in total. The lowest BCUT2D eigenvalue weighted by Gasteiger charge is -2.13. The number of nitrogens with zero attached hydrogens (tertiary/aromatic N) is 1. The van der Waals surface area contributed by atoms with Crippen molar-refractivity contribution in [2.45, 2.75) is 6.42 Å². The van der Waals surface area contributed by atoms with Crippen LogP contribution in [0.15, 0.2) is 41.2 Å². The van der Waals surface area contributed by atoms with Crippen LogP contribution in [-0.2, 0) is 0 Å². The molecule has 0 unspecified atom stereocenters. The number of hydrogen-bond acceptors (Lipinski definition) is 5. The number of fused-ring (bicyclic) bond motifs is 2. The molecule has 0 amide bonds. The zero-order chi connectivity index (χ0) is 17.1. The second kappa shape index (κ2) is 7.11. The third-order valence-electron chi connectivity index (χ3n) is 3.98. The molecule has 3 aromatic rings. The van der Waals surface area contributed by atoms with E-state index in [9.17, 15) is 9.59 Å². The van der Waals surface area contributed by atoms with Gasteiger partial charge in [0, 0.05) is 27.9 Å². The van der Waals surface area contributed by atoms with Gasteiger partial charge in [-0.2, -0.15) is 0 Å². The van der Waals surface area contributed by atoms with Crippen LogP contribution in [0.3, 0.4) is 0 Å². The molecular weight excluding hydrogens is 320 g/mol. The first kappa shape index (κ1) is 16.6. The third kappa shape index (κ3) is 3.18. The standard InChI is InChI=1S/C19H20N2O2S/c1-21(2)11-5-10-20-15-9-8-13(12-22)19-17(15)18(23)14-6-3-4-7-16(14)24-19/h3-4,6-9,12,20H,5,10-11H2,1-2H3. The number of carbonyl (C=O) groups is 1. The fourth-order valence-corrected chi connectivity index (χ4v) is 3.96. The second-order valence-electron chi connectivity index (χ2n) is 6.04. The topological polar surface area (TPSA) is 49.4 Å². The van der Waals surface area contributed by atoms with Gasteiger partial charge in [0.1, 0.15) is 0 Å². The van der Waals surface area contributed by atoms with Crippen LogP contribution >= 0.6 is 11.3 Å². The molecule has 0 aliphatic rings. The Kier molecular flexibility index (Phi) is 4.92. The fourth-order valence-electron chi connectivity index (χ4n) is 2.78. The van der Waals surface area contributed by atoms with Gasteiger partial charge in [-0.05, 0) is 51.3 Å². The smallest absolute Gasteiger partial charge is 0.197 e. The maximum atomic E-state index is 13.0. The number of hydrogen-bond donors (Lipinski definition) is 1. The Morgan fingerprint density at radius 3 is 2.71 bits per heavy atom. The molecule has 124 valence electrons. The van der Waals surface area contributed by atoms with Crippen LogP contribution in [0.5, 0.6) is 0 Å². The minimum atomic E-state index is -0.0156. The van der Waals surface area contributed by atoms with Crippen molar-refractivity contribution in [1.82, 2.24) is 4.90 Å². The summed E-state index contributed by atoms with van der Waals surface area (Å²) in [7, 11) is 4.08. The number of carbonyl (C=O) groups excluding carboxylic acids is 1. The summed E-state index contributed by atoms with van der Waals surface area (Å²) in [4.78, 5) is 26.5. The summed E-state index contributed by atoms with van der Waals surface area (Å²) in [5, 5.41) is 4.69. The van der Waals surface area contributed by atoms with Gasteiger partial charge in [0.05, 0.1) is 10.1 Å². The molecule has 24 heavy (non-hydrogen) atoms. The lowest BCUT2D eigenvalue weighted by molar-refractivity contribution is 0.112. The van der Waals surface area contributed by atoms with Gasteiger partial charge < -0.3 is 10.2 Å². The molecule has 0 saturated heterocycles. The van der Waals surface area contributed by atoms with Gasteiger partial charge >= 0.3 is 0 Å². The summed E-state index contributed by atoms with van der Waals surface area (Å²) < 4.78 is 1.66. The quantitative estimate of drug-likeness (QED) is 0.423. The highest BCUT2D eigenvalue weighted by Crippen LogP contribution is 2.31. The third-order valence-corrected chi connectivity index (χ3v) is 5.20. The largest absolute Gasteiger partial charge is 0.384 e. The number of rotatable bonds is 6. The first-order valence-electron chi connectivity index (χ1n) is 7.94. The minimum absolute atomic E-state index is 0.0156. The van der Waals surface area contributed by atoms with Crippen LogP contribution in [0.1, 0.15) is 16.8 Å². The van der Waals surface area contributed by atoms with Crippen molar-refractivity contribution in [1.29, 1.82) is 0 Å². The molecule has 0 aliphatic heterocycles. The van der Waals surface area contributed by atoms with E-state index in [-0.39, 0.29) is 5.43 Å². The molecule has 1 aromatic heterocycles. The molecule has 0 spiro atoms. The number of nitrogens with one attached hydrogen (secondary N) is 1. The molecule has 0 aliphatic carbocycles. The highest BCUT2D eigenvalue weighted by molar-refractivity contribution is 7.25. The summed E-state index contributed by atoms with van der Waals surface area (Å²) in [5.41, 5.74) is 1.36. The van der Waals surface area contributed by atoms with Crippen molar-refractivity contribution >= 4 is 43.5 Å². The Balaban J connectivity index is 2.11. The molecule has 1 heterocycles. The summed E-state index contributed by atoms with van der Waals surface area (Å²) in [6, 6.07) is 11.2. The van der Waals surface area contributed by atoms with Crippen LogP contribution in [0, 0.1) is 0 Å². The van der Waals surface area contributed by atoms with Crippen LogP contribution < -0.4 is 10.7 Å². The summed E-state index contributed by atoms with van der Waals surface area (Å²) in [5.74, 6) is 0. The highest BCUT2D eigenvalue weighted by atomic mass is 32.1. The zero-order valence-electron chi connectivity index (χ0n) is 13.8. The first-order valence-corrected chi connectivity index (χ1v) is 8.76. The first-order chi connectivity index (χ1) is 11.6. The lowest BCUT2D eigenvalue weighted by atomic mass is 10.1. The van der Waals surface area contributed by atoms with E-state index in [1.165, 1.54) is 11.3 Å².